The summed E-state index contributed by atoms with van der Waals surface area (Å²) in [6.07, 6.45) is 2.04. The minimum absolute atomic E-state index is 0.188. The summed E-state index contributed by atoms with van der Waals surface area (Å²) in [5.41, 5.74) is 2.69. The summed E-state index contributed by atoms with van der Waals surface area (Å²) in [6.45, 7) is 1.33. The van der Waals surface area contributed by atoms with Gasteiger partial charge in [0.15, 0.2) is 0 Å². The van der Waals surface area contributed by atoms with E-state index in [2.05, 4.69) is 9.88 Å². The van der Waals surface area contributed by atoms with Crippen LogP contribution in [0, 0.1) is 0 Å². The largest absolute Gasteiger partial charge is 0.497 e. The first kappa shape index (κ1) is 18.7. The first-order valence-electron chi connectivity index (χ1n) is 8.88. The van der Waals surface area contributed by atoms with Crippen LogP contribution < -0.4 is 10.1 Å². The van der Waals surface area contributed by atoms with Crippen LogP contribution >= 0.6 is 23.2 Å². The minimum atomic E-state index is -0.197. The maximum absolute atomic E-state index is 13.1. The third-order valence-electron chi connectivity index (χ3n) is 4.90. The Kier molecular flexibility index (Phi) is 5.20. The van der Waals surface area contributed by atoms with Crippen LogP contribution in [0.1, 0.15) is 17.3 Å². The number of nitrogens with zero attached hydrogens (tertiary/aromatic N) is 2. The first-order valence-corrected chi connectivity index (χ1v) is 9.64. The topological polar surface area (TPSA) is 46.5 Å². The smallest absolute Gasteiger partial charge is 0.322 e. The number of halogens is 2. The molecule has 144 valence electrons. The van der Waals surface area contributed by atoms with Crippen molar-refractivity contribution in [3.8, 4) is 5.75 Å². The molecule has 1 N–H and O–H groups in total. The zero-order valence-electron chi connectivity index (χ0n) is 15.2. The van der Waals surface area contributed by atoms with Crippen molar-refractivity contribution in [2.75, 3.05) is 19.0 Å². The summed E-state index contributed by atoms with van der Waals surface area (Å²) < 4.78 is 7.44. The summed E-state index contributed by atoms with van der Waals surface area (Å²) in [5, 5.41) is 3.79. The zero-order chi connectivity index (χ0) is 19.7. The highest BCUT2D eigenvalue weighted by Crippen LogP contribution is 2.34. The Morgan fingerprint density at radius 1 is 1.07 bits per heavy atom. The van der Waals surface area contributed by atoms with E-state index >= 15 is 0 Å². The van der Waals surface area contributed by atoms with Gasteiger partial charge in [-0.25, -0.2) is 4.79 Å². The predicted molar refractivity (Wildman–Crippen MR) is 111 cm³/mol. The van der Waals surface area contributed by atoms with Gasteiger partial charge in [-0.05, 0) is 48.0 Å². The maximum atomic E-state index is 13.1. The van der Waals surface area contributed by atoms with Crippen molar-refractivity contribution >= 4 is 34.9 Å². The third kappa shape index (κ3) is 3.55. The van der Waals surface area contributed by atoms with Gasteiger partial charge in [0, 0.05) is 30.7 Å². The summed E-state index contributed by atoms with van der Waals surface area (Å²) in [4.78, 5) is 14.9. The molecule has 2 amide bonds. The fourth-order valence-corrected chi connectivity index (χ4v) is 3.81. The number of nitrogens with one attached hydrogen (secondary N) is 1. The second kappa shape index (κ2) is 7.78. The van der Waals surface area contributed by atoms with Crippen LogP contribution in [0.5, 0.6) is 5.75 Å². The number of hydrogen-bond donors (Lipinski definition) is 1. The van der Waals surface area contributed by atoms with E-state index in [1.165, 1.54) is 0 Å². The molecule has 1 atom stereocenters. The zero-order valence-corrected chi connectivity index (χ0v) is 16.7. The van der Waals surface area contributed by atoms with Crippen molar-refractivity contribution in [1.29, 1.82) is 0 Å². The average Bonchev–Trinajstić information content (AvgIpc) is 3.19. The average molecular weight is 416 g/mol. The number of fused-ring (bicyclic) bond motifs is 1. The summed E-state index contributed by atoms with van der Waals surface area (Å²) in [6, 6.07) is 16.5. The van der Waals surface area contributed by atoms with Crippen molar-refractivity contribution in [3.05, 3.63) is 82.1 Å². The molecule has 0 fully saturated rings. The number of aromatic nitrogens is 1. The van der Waals surface area contributed by atoms with Crippen molar-refractivity contribution in [1.82, 2.24) is 9.47 Å². The number of carbonyl (C=O) groups is 1. The van der Waals surface area contributed by atoms with Gasteiger partial charge in [0.25, 0.3) is 0 Å². The highest BCUT2D eigenvalue weighted by atomic mass is 35.5. The highest BCUT2D eigenvalue weighted by Gasteiger charge is 2.32. The molecule has 0 saturated carbocycles. The molecule has 28 heavy (non-hydrogen) atoms. The lowest BCUT2D eigenvalue weighted by Crippen LogP contribution is -2.44. The molecular weight excluding hydrogens is 397 g/mol. The van der Waals surface area contributed by atoms with Gasteiger partial charge >= 0.3 is 6.03 Å². The van der Waals surface area contributed by atoms with Crippen molar-refractivity contribution in [3.63, 3.8) is 0 Å². The molecule has 0 spiro atoms. The number of amides is 2. The number of rotatable bonds is 3. The fraction of sp³-hybridized carbons (Fsp3) is 0.190. The van der Waals surface area contributed by atoms with Gasteiger partial charge in [0.05, 0.1) is 23.2 Å². The molecule has 5 nitrogen and oxygen atoms in total. The lowest BCUT2D eigenvalue weighted by molar-refractivity contribution is 0.182. The third-order valence-corrected chi connectivity index (χ3v) is 5.64. The summed E-state index contributed by atoms with van der Waals surface area (Å²) >= 11 is 12.0. The number of ether oxygens (including phenoxy) is 1. The second-order valence-electron chi connectivity index (χ2n) is 6.55. The second-order valence-corrected chi connectivity index (χ2v) is 7.37. The monoisotopic (exact) mass is 415 g/mol. The van der Waals surface area contributed by atoms with Gasteiger partial charge in [-0.15, -0.1) is 0 Å². The molecule has 7 heteroatoms. The molecule has 0 radical (unpaired) electrons. The van der Waals surface area contributed by atoms with E-state index in [9.17, 15) is 4.79 Å². The van der Waals surface area contributed by atoms with Gasteiger partial charge in [0.1, 0.15) is 5.75 Å². The van der Waals surface area contributed by atoms with E-state index in [1.54, 1.807) is 25.3 Å². The van der Waals surface area contributed by atoms with Crippen LogP contribution in [0.4, 0.5) is 10.5 Å². The van der Waals surface area contributed by atoms with Gasteiger partial charge in [0.2, 0.25) is 0 Å². The van der Waals surface area contributed by atoms with Crippen LogP contribution in [-0.4, -0.2) is 29.2 Å². The SMILES string of the molecule is COc1ccc(C2c3cccn3CCN2C(=O)Nc2ccc(Cl)c(Cl)c2)cc1. The molecule has 1 aliphatic rings. The number of benzene rings is 2. The molecular formula is C21H19Cl2N3O2. The molecule has 1 aliphatic heterocycles. The van der Waals surface area contributed by atoms with Gasteiger partial charge < -0.3 is 19.5 Å². The number of hydrogen-bond acceptors (Lipinski definition) is 2. The highest BCUT2D eigenvalue weighted by molar-refractivity contribution is 6.42. The summed E-state index contributed by atoms with van der Waals surface area (Å²) in [5.74, 6) is 0.779. The first-order chi connectivity index (χ1) is 13.6. The molecule has 0 bridgehead atoms. The lowest BCUT2D eigenvalue weighted by atomic mass is 10.00. The van der Waals surface area contributed by atoms with Crippen LogP contribution in [-0.2, 0) is 6.54 Å². The Morgan fingerprint density at radius 2 is 1.86 bits per heavy atom. The van der Waals surface area contributed by atoms with Gasteiger partial charge in [-0.2, -0.15) is 0 Å². The molecule has 0 saturated heterocycles. The predicted octanol–water partition coefficient (Wildman–Crippen LogP) is 5.44. The van der Waals surface area contributed by atoms with E-state index in [0.717, 1.165) is 23.6 Å². The maximum Gasteiger partial charge on any atom is 0.322 e. The van der Waals surface area contributed by atoms with E-state index < -0.39 is 0 Å². The Hall–Kier alpha value is -2.63. The number of anilines is 1. The standard InChI is InChI=1S/C21H19Cl2N3O2/c1-28-16-7-4-14(5-8-16)20-19-3-2-10-25(19)11-12-26(20)21(27)24-15-6-9-17(22)18(23)13-15/h2-10,13,20H,11-12H2,1H3,(H,24,27). The molecule has 2 heterocycles. The Labute approximate surface area is 173 Å². The molecule has 1 unspecified atom stereocenters. The molecule has 2 aromatic carbocycles. The van der Waals surface area contributed by atoms with E-state index in [4.69, 9.17) is 27.9 Å². The quantitative estimate of drug-likeness (QED) is 0.618. The molecule has 1 aromatic heterocycles. The van der Waals surface area contributed by atoms with Crippen LogP contribution in [0.2, 0.25) is 10.0 Å². The van der Waals surface area contributed by atoms with Crippen LogP contribution in [0.3, 0.4) is 0 Å². The number of urea groups is 1. The van der Waals surface area contributed by atoms with Crippen LogP contribution in [0.15, 0.2) is 60.8 Å². The Bertz CT molecular complexity index is 1000. The van der Waals surface area contributed by atoms with E-state index in [1.807, 2.05) is 47.5 Å². The lowest BCUT2D eigenvalue weighted by Gasteiger charge is -2.37. The van der Waals surface area contributed by atoms with Crippen molar-refractivity contribution in [2.24, 2.45) is 0 Å². The Balaban J connectivity index is 1.65. The normalized spacial score (nSPS) is 15.8. The molecule has 3 aromatic rings. The fourth-order valence-electron chi connectivity index (χ4n) is 3.51. The van der Waals surface area contributed by atoms with Crippen molar-refractivity contribution in [2.45, 2.75) is 12.6 Å². The summed E-state index contributed by atoms with van der Waals surface area (Å²) in [7, 11) is 1.64. The Morgan fingerprint density at radius 3 is 2.57 bits per heavy atom. The van der Waals surface area contributed by atoms with Crippen LogP contribution in [0.25, 0.3) is 0 Å². The van der Waals surface area contributed by atoms with E-state index in [0.29, 0.717) is 22.3 Å². The molecule has 0 aliphatic carbocycles. The number of carbonyl (C=O) groups excluding carboxylic acids is 1. The van der Waals surface area contributed by atoms with Gasteiger partial charge in [-0.1, -0.05) is 35.3 Å². The minimum Gasteiger partial charge on any atom is -0.497 e. The van der Waals surface area contributed by atoms with Gasteiger partial charge in [-0.3, -0.25) is 0 Å². The van der Waals surface area contributed by atoms with Crippen molar-refractivity contribution < 1.29 is 9.53 Å². The number of methoxy groups -OCH3 is 1. The molecule has 4 rings (SSSR count). The van der Waals surface area contributed by atoms with E-state index in [-0.39, 0.29) is 12.1 Å².